The zero-order valence-electron chi connectivity index (χ0n) is 14.1. The van der Waals surface area contributed by atoms with Crippen molar-refractivity contribution < 1.29 is 14.6 Å². The number of rotatable bonds is 6. The molecule has 0 saturated heterocycles. The van der Waals surface area contributed by atoms with Crippen LogP contribution in [0.15, 0.2) is 30.3 Å². The lowest BCUT2D eigenvalue weighted by Gasteiger charge is -2.29. The maximum Gasteiger partial charge on any atom is 0.233 e. The molecule has 7 heteroatoms. The quantitative estimate of drug-likeness (QED) is 0.843. The van der Waals surface area contributed by atoms with Crippen LogP contribution in [0.4, 0.5) is 0 Å². The lowest BCUT2D eigenvalue weighted by atomic mass is 10.1. The number of hydrogen-bond acceptors (Lipinski definition) is 7. The molecule has 2 aromatic rings. The second-order valence-electron chi connectivity index (χ2n) is 5.94. The Bertz CT molecular complexity index is 758. The van der Waals surface area contributed by atoms with Crippen LogP contribution < -0.4 is 9.47 Å². The minimum atomic E-state index is -0.603. The van der Waals surface area contributed by atoms with Gasteiger partial charge in [-0.3, -0.25) is 4.90 Å². The molecular formula is C18H20N4O3. The van der Waals surface area contributed by atoms with Crippen LogP contribution in [0.5, 0.6) is 11.6 Å². The van der Waals surface area contributed by atoms with Gasteiger partial charge >= 0.3 is 0 Å². The lowest BCUT2D eigenvalue weighted by molar-refractivity contribution is 0.0634. The zero-order chi connectivity index (χ0) is 17.6. The van der Waals surface area contributed by atoms with E-state index in [1.54, 1.807) is 31.4 Å². The van der Waals surface area contributed by atoms with E-state index in [0.29, 0.717) is 30.3 Å². The van der Waals surface area contributed by atoms with Crippen molar-refractivity contribution in [2.24, 2.45) is 0 Å². The van der Waals surface area contributed by atoms with Gasteiger partial charge in [0, 0.05) is 32.1 Å². The minimum Gasteiger partial charge on any atom is -0.491 e. The molecule has 0 amide bonds. The Morgan fingerprint density at radius 3 is 2.84 bits per heavy atom. The highest BCUT2D eigenvalue weighted by molar-refractivity contribution is 5.34. The molecule has 0 unspecified atom stereocenters. The molecule has 130 valence electrons. The van der Waals surface area contributed by atoms with Crippen LogP contribution in [0.2, 0.25) is 0 Å². The van der Waals surface area contributed by atoms with Crippen LogP contribution in [0, 0.1) is 11.3 Å². The molecule has 0 spiro atoms. The number of nitrogens with zero attached hydrogens (tertiary/aromatic N) is 4. The van der Waals surface area contributed by atoms with E-state index < -0.39 is 6.10 Å². The van der Waals surface area contributed by atoms with E-state index >= 15 is 0 Å². The van der Waals surface area contributed by atoms with Crippen LogP contribution in [0.25, 0.3) is 0 Å². The summed E-state index contributed by atoms with van der Waals surface area (Å²) in [6.07, 6.45) is 0.198. The van der Waals surface area contributed by atoms with Crippen molar-refractivity contribution in [3.05, 3.63) is 47.2 Å². The largest absolute Gasteiger partial charge is 0.491 e. The van der Waals surface area contributed by atoms with Crippen LogP contribution >= 0.6 is 0 Å². The van der Waals surface area contributed by atoms with E-state index in [1.807, 2.05) is 6.07 Å². The smallest absolute Gasteiger partial charge is 0.233 e. The van der Waals surface area contributed by atoms with Gasteiger partial charge in [0.05, 0.1) is 24.4 Å². The molecule has 25 heavy (non-hydrogen) atoms. The average molecular weight is 340 g/mol. The summed E-state index contributed by atoms with van der Waals surface area (Å²) in [7, 11) is 1.57. The van der Waals surface area contributed by atoms with E-state index in [-0.39, 0.29) is 6.61 Å². The SMILES string of the molecule is COc1cc2c(nn1)CCN(C[C@@H](O)COc1ccc(C#N)cc1)C2. The van der Waals surface area contributed by atoms with Gasteiger partial charge in [0.25, 0.3) is 0 Å². The minimum absolute atomic E-state index is 0.202. The molecule has 2 heterocycles. The number of methoxy groups -OCH3 is 1. The number of β-amino-alcohol motifs (C(OH)–C–C–N with tert-alkyl or cyclic N) is 1. The van der Waals surface area contributed by atoms with Gasteiger partial charge in [0.15, 0.2) is 0 Å². The first-order valence-corrected chi connectivity index (χ1v) is 8.11. The summed E-state index contributed by atoms with van der Waals surface area (Å²) in [4.78, 5) is 2.16. The second kappa shape index (κ2) is 7.92. The van der Waals surface area contributed by atoms with Gasteiger partial charge < -0.3 is 14.6 Å². The Morgan fingerprint density at radius 1 is 1.32 bits per heavy atom. The molecule has 0 fully saturated rings. The monoisotopic (exact) mass is 340 g/mol. The third kappa shape index (κ3) is 4.44. The summed E-state index contributed by atoms with van der Waals surface area (Å²) in [5, 5.41) is 27.2. The summed E-state index contributed by atoms with van der Waals surface area (Å²) in [6.45, 7) is 2.24. The maximum absolute atomic E-state index is 10.2. The first-order chi connectivity index (χ1) is 12.2. The molecule has 1 aromatic carbocycles. The highest BCUT2D eigenvalue weighted by Crippen LogP contribution is 2.20. The Balaban J connectivity index is 1.51. The third-order valence-electron chi connectivity index (χ3n) is 4.10. The highest BCUT2D eigenvalue weighted by Gasteiger charge is 2.21. The van der Waals surface area contributed by atoms with Crippen molar-refractivity contribution in [2.75, 3.05) is 26.8 Å². The van der Waals surface area contributed by atoms with Crippen LogP contribution in [-0.2, 0) is 13.0 Å². The Hall–Kier alpha value is -2.69. The van der Waals surface area contributed by atoms with Gasteiger partial charge in [-0.1, -0.05) is 0 Å². The van der Waals surface area contributed by atoms with E-state index in [1.165, 1.54) is 0 Å². The summed E-state index contributed by atoms with van der Waals surface area (Å²) in [5.41, 5.74) is 2.65. The number of aliphatic hydroxyl groups is 1. The summed E-state index contributed by atoms with van der Waals surface area (Å²) in [5.74, 6) is 1.15. The molecule has 1 aromatic heterocycles. The molecule has 0 bridgehead atoms. The standard InChI is InChI=1S/C18H20N4O3/c1-24-18-8-14-10-22(7-6-17(14)20-21-18)11-15(23)12-25-16-4-2-13(9-19)3-5-16/h2-5,8,15,23H,6-7,10-12H2,1H3/t15-/m1/s1. The van der Waals surface area contributed by atoms with Gasteiger partial charge in [-0.25, -0.2) is 0 Å². The molecule has 0 radical (unpaired) electrons. The predicted molar refractivity (Wildman–Crippen MR) is 90.2 cm³/mol. The number of ether oxygens (including phenoxy) is 2. The lowest BCUT2D eigenvalue weighted by Crippen LogP contribution is -2.39. The van der Waals surface area contributed by atoms with Gasteiger partial charge in [-0.15, -0.1) is 5.10 Å². The van der Waals surface area contributed by atoms with Crippen LogP contribution in [0.3, 0.4) is 0 Å². The number of benzene rings is 1. The molecule has 1 atom stereocenters. The van der Waals surface area contributed by atoms with E-state index in [9.17, 15) is 5.11 Å². The molecule has 0 saturated carbocycles. The van der Waals surface area contributed by atoms with Gasteiger partial charge in [-0.2, -0.15) is 10.4 Å². The van der Waals surface area contributed by atoms with Gasteiger partial charge in [-0.05, 0) is 29.8 Å². The predicted octanol–water partition coefficient (Wildman–Crippen LogP) is 1.15. The molecule has 1 aliphatic rings. The van der Waals surface area contributed by atoms with Crippen molar-refractivity contribution in [3.63, 3.8) is 0 Å². The highest BCUT2D eigenvalue weighted by atomic mass is 16.5. The van der Waals surface area contributed by atoms with Crippen molar-refractivity contribution in [2.45, 2.75) is 19.1 Å². The molecule has 3 rings (SSSR count). The van der Waals surface area contributed by atoms with E-state index in [2.05, 4.69) is 21.2 Å². The summed E-state index contributed by atoms with van der Waals surface area (Å²) < 4.78 is 10.7. The molecule has 1 aliphatic heterocycles. The maximum atomic E-state index is 10.2. The topological polar surface area (TPSA) is 91.5 Å². The van der Waals surface area contributed by atoms with Gasteiger partial charge in [0.1, 0.15) is 18.5 Å². The summed E-state index contributed by atoms with van der Waals surface area (Å²) >= 11 is 0. The first-order valence-electron chi connectivity index (χ1n) is 8.11. The fraction of sp³-hybridized carbons (Fsp3) is 0.389. The van der Waals surface area contributed by atoms with Crippen molar-refractivity contribution in [1.82, 2.24) is 15.1 Å². The Labute approximate surface area is 146 Å². The average Bonchev–Trinajstić information content (AvgIpc) is 2.66. The second-order valence-corrected chi connectivity index (χ2v) is 5.94. The fourth-order valence-electron chi connectivity index (χ4n) is 2.79. The number of nitriles is 1. The summed E-state index contributed by atoms with van der Waals surface area (Å²) in [6, 6.07) is 10.8. The Morgan fingerprint density at radius 2 is 2.12 bits per heavy atom. The van der Waals surface area contributed by atoms with E-state index in [0.717, 1.165) is 24.2 Å². The van der Waals surface area contributed by atoms with Gasteiger partial charge in [0.2, 0.25) is 5.88 Å². The normalized spacial score (nSPS) is 15.1. The zero-order valence-corrected chi connectivity index (χ0v) is 14.1. The molecule has 1 N–H and O–H groups in total. The molecule has 0 aliphatic carbocycles. The fourth-order valence-corrected chi connectivity index (χ4v) is 2.79. The van der Waals surface area contributed by atoms with Crippen LogP contribution in [-0.4, -0.2) is 53.1 Å². The molecule has 7 nitrogen and oxygen atoms in total. The van der Waals surface area contributed by atoms with Crippen molar-refractivity contribution in [3.8, 4) is 17.7 Å². The first kappa shape index (κ1) is 17.1. The number of aromatic nitrogens is 2. The van der Waals surface area contributed by atoms with E-state index in [4.69, 9.17) is 14.7 Å². The van der Waals surface area contributed by atoms with Crippen LogP contribution in [0.1, 0.15) is 16.8 Å². The number of hydrogen-bond donors (Lipinski definition) is 1. The number of fused-ring (bicyclic) bond motifs is 1. The van der Waals surface area contributed by atoms with Crippen molar-refractivity contribution >= 4 is 0 Å². The Kier molecular flexibility index (Phi) is 5.43. The van der Waals surface area contributed by atoms with Crippen molar-refractivity contribution in [1.29, 1.82) is 5.26 Å². The molecular weight excluding hydrogens is 320 g/mol. The third-order valence-corrected chi connectivity index (χ3v) is 4.10. The number of aliphatic hydroxyl groups excluding tert-OH is 1.